The number of amides is 2. The van der Waals surface area contributed by atoms with Crippen molar-refractivity contribution in [3.8, 4) is 0 Å². The lowest BCUT2D eigenvalue weighted by Gasteiger charge is -2.29. The lowest BCUT2D eigenvalue weighted by molar-refractivity contribution is -0.142. The van der Waals surface area contributed by atoms with Crippen molar-refractivity contribution in [3.05, 3.63) is 12.2 Å². The van der Waals surface area contributed by atoms with Gasteiger partial charge in [0.1, 0.15) is 5.60 Å². The maximum absolute atomic E-state index is 13.2. The number of ether oxygens (including phenoxy) is 1. The van der Waals surface area contributed by atoms with Crippen molar-refractivity contribution in [2.24, 2.45) is 11.8 Å². The molecule has 4 fully saturated rings. The maximum Gasteiger partial charge on any atom is 0.230 e. The first-order valence-electron chi connectivity index (χ1n) is 10.4. The number of hydrogen-bond acceptors (Lipinski definition) is 4. The molecule has 0 aromatic rings. The van der Waals surface area contributed by atoms with Crippen LogP contribution in [-0.4, -0.2) is 84.0 Å². The smallest absolute Gasteiger partial charge is 0.230 e. The normalized spacial score (nSPS) is 39.2. The quantitative estimate of drug-likeness (QED) is 0.699. The van der Waals surface area contributed by atoms with E-state index < -0.39 is 5.60 Å². The number of piperidine rings is 1. The highest BCUT2D eigenvalue weighted by Crippen LogP contribution is 2.52. The summed E-state index contributed by atoms with van der Waals surface area (Å²) in [4.78, 5) is 32.6. The Morgan fingerprint density at radius 1 is 1.08 bits per heavy atom. The molecule has 5 aliphatic heterocycles. The zero-order valence-electron chi connectivity index (χ0n) is 15.4. The fourth-order valence-corrected chi connectivity index (χ4v) is 5.64. The van der Waals surface area contributed by atoms with Gasteiger partial charge in [0.2, 0.25) is 11.8 Å². The molecule has 0 aromatic carbocycles. The Bertz CT molecular complexity index is 624. The number of hydrogen-bond donors (Lipinski definition) is 0. The third-order valence-electron chi connectivity index (χ3n) is 7.02. The lowest BCUT2D eigenvalue weighted by Crippen LogP contribution is -2.45. The van der Waals surface area contributed by atoms with E-state index in [0.29, 0.717) is 6.54 Å². The Kier molecular flexibility index (Phi) is 4.09. The summed E-state index contributed by atoms with van der Waals surface area (Å²) in [5.41, 5.74) is -0.552. The first-order chi connectivity index (χ1) is 12.7. The maximum atomic E-state index is 13.2. The molecule has 0 unspecified atom stereocenters. The predicted molar refractivity (Wildman–Crippen MR) is 96.4 cm³/mol. The van der Waals surface area contributed by atoms with Gasteiger partial charge in [0.05, 0.1) is 24.5 Å². The third kappa shape index (κ3) is 2.53. The van der Waals surface area contributed by atoms with Gasteiger partial charge in [-0.05, 0) is 38.8 Å². The zero-order chi connectivity index (χ0) is 17.7. The van der Waals surface area contributed by atoms with Gasteiger partial charge in [-0.3, -0.25) is 9.59 Å². The molecule has 0 radical (unpaired) electrons. The standard InChI is InChI=1S/C20H29N3O3/c24-18(22-10-4-5-11-22)16-15-6-7-20(26-15)14-23(19(25)17(16)20)13-12-21-8-2-1-3-9-21/h6-7,15-17H,1-5,8-14H2/t15-,16-,17+,20-/m0/s1. The Morgan fingerprint density at radius 3 is 2.58 bits per heavy atom. The van der Waals surface area contributed by atoms with E-state index in [1.54, 1.807) is 0 Å². The Hall–Kier alpha value is -1.40. The van der Waals surface area contributed by atoms with Crippen LogP contribution in [-0.2, 0) is 14.3 Å². The number of fused-ring (bicyclic) bond motifs is 1. The Balaban J connectivity index is 1.30. The van der Waals surface area contributed by atoms with Gasteiger partial charge in [-0.15, -0.1) is 0 Å². The second kappa shape index (κ2) is 6.34. The van der Waals surface area contributed by atoms with Crippen LogP contribution in [0.25, 0.3) is 0 Å². The average molecular weight is 359 g/mol. The summed E-state index contributed by atoms with van der Waals surface area (Å²) in [6.45, 7) is 6.25. The number of nitrogens with zero attached hydrogens (tertiary/aromatic N) is 3. The van der Waals surface area contributed by atoms with Gasteiger partial charge in [-0.2, -0.15) is 0 Å². The highest BCUT2D eigenvalue weighted by Gasteiger charge is 2.67. The van der Waals surface area contributed by atoms with E-state index in [4.69, 9.17) is 4.74 Å². The van der Waals surface area contributed by atoms with Crippen molar-refractivity contribution < 1.29 is 14.3 Å². The second-order valence-electron chi connectivity index (χ2n) is 8.59. The molecule has 2 amide bonds. The summed E-state index contributed by atoms with van der Waals surface area (Å²) < 4.78 is 6.23. The topological polar surface area (TPSA) is 53.1 Å². The molecular formula is C20H29N3O3. The SMILES string of the molecule is O=C([C@H]1[C@@H]2C=C[C@@]3(CN(CCN4CCCCC4)C(=O)[C@@H]13)O2)N1CCCC1. The molecule has 4 atom stereocenters. The summed E-state index contributed by atoms with van der Waals surface area (Å²) in [5, 5.41) is 0. The van der Waals surface area contributed by atoms with Crippen molar-refractivity contribution in [2.75, 3.05) is 45.8 Å². The van der Waals surface area contributed by atoms with E-state index in [1.165, 1.54) is 19.3 Å². The van der Waals surface area contributed by atoms with Gasteiger partial charge >= 0.3 is 0 Å². The fraction of sp³-hybridized carbons (Fsp3) is 0.800. The molecule has 6 heteroatoms. The van der Waals surface area contributed by atoms with Crippen LogP contribution in [0.15, 0.2) is 12.2 Å². The summed E-state index contributed by atoms with van der Waals surface area (Å²) in [5.74, 6) is -0.362. The summed E-state index contributed by atoms with van der Waals surface area (Å²) in [7, 11) is 0. The van der Waals surface area contributed by atoms with Gasteiger partial charge < -0.3 is 19.4 Å². The van der Waals surface area contributed by atoms with Crippen LogP contribution < -0.4 is 0 Å². The van der Waals surface area contributed by atoms with Crippen molar-refractivity contribution in [1.29, 1.82) is 0 Å². The van der Waals surface area contributed by atoms with Crippen LogP contribution in [0.2, 0.25) is 0 Å². The first-order valence-corrected chi connectivity index (χ1v) is 10.4. The van der Waals surface area contributed by atoms with Crippen molar-refractivity contribution in [2.45, 2.75) is 43.8 Å². The lowest BCUT2D eigenvalue weighted by atomic mass is 9.76. The molecule has 0 saturated carbocycles. The first kappa shape index (κ1) is 16.8. The molecule has 5 aliphatic rings. The Morgan fingerprint density at radius 2 is 1.81 bits per heavy atom. The molecule has 4 saturated heterocycles. The largest absolute Gasteiger partial charge is 0.360 e. The second-order valence-corrected chi connectivity index (χ2v) is 8.59. The van der Waals surface area contributed by atoms with E-state index >= 15 is 0 Å². The molecule has 0 N–H and O–H groups in total. The number of rotatable bonds is 4. The van der Waals surface area contributed by atoms with Crippen LogP contribution >= 0.6 is 0 Å². The highest BCUT2D eigenvalue weighted by atomic mass is 16.5. The van der Waals surface area contributed by atoms with Crippen LogP contribution in [0.4, 0.5) is 0 Å². The summed E-state index contributed by atoms with van der Waals surface area (Å²) >= 11 is 0. The minimum Gasteiger partial charge on any atom is -0.360 e. The zero-order valence-corrected chi connectivity index (χ0v) is 15.4. The van der Waals surface area contributed by atoms with E-state index in [9.17, 15) is 9.59 Å². The van der Waals surface area contributed by atoms with Gasteiger partial charge in [0, 0.05) is 26.2 Å². The molecule has 0 aliphatic carbocycles. The molecule has 0 aromatic heterocycles. The highest BCUT2D eigenvalue weighted by molar-refractivity contribution is 5.93. The molecule has 5 heterocycles. The van der Waals surface area contributed by atoms with Crippen molar-refractivity contribution >= 4 is 11.8 Å². The Labute approximate surface area is 155 Å². The molecule has 6 nitrogen and oxygen atoms in total. The van der Waals surface area contributed by atoms with E-state index in [-0.39, 0.29) is 29.8 Å². The molecule has 26 heavy (non-hydrogen) atoms. The number of carbonyl (C=O) groups is 2. The molecular weight excluding hydrogens is 330 g/mol. The van der Waals surface area contributed by atoms with Crippen molar-refractivity contribution in [3.63, 3.8) is 0 Å². The van der Waals surface area contributed by atoms with Crippen LogP contribution in [0.3, 0.4) is 0 Å². The third-order valence-corrected chi connectivity index (χ3v) is 7.02. The monoisotopic (exact) mass is 359 g/mol. The number of carbonyl (C=O) groups excluding carboxylic acids is 2. The molecule has 1 spiro atoms. The molecule has 5 rings (SSSR count). The van der Waals surface area contributed by atoms with Gasteiger partial charge in [-0.25, -0.2) is 0 Å². The van der Waals surface area contributed by atoms with Crippen LogP contribution in [0.1, 0.15) is 32.1 Å². The van der Waals surface area contributed by atoms with E-state index in [2.05, 4.69) is 11.0 Å². The van der Waals surface area contributed by atoms with Crippen LogP contribution in [0.5, 0.6) is 0 Å². The van der Waals surface area contributed by atoms with Gasteiger partial charge in [-0.1, -0.05) is 18.6 Å². The van der Waals surface area contributed by atoms with Gasteiger partial charge in [0.25, 0.3) is 0 Å². The summed E-state index contributed by atoms with van der Waals surface area (Å²) in [6.07, 6.45) is 9.88. The minimum absolute atomic E-state index is 0.131. The minimum atomic E-state index is -0.552. The summed E-state index contributed by atoms with van der Waals surface area (Å²) in [6, 6.07) is 0. The van der Waals surface area contributed by atoms with Gasteiger partial charge in [0.15, 0.2) is 0 Å². The number of likely N-dealkylation sites (tertiary alicyclic amines) is 3. The predicted octanol–water partition coefficient (Wildman–Crippen LogP) is 0.877. The fourth-order valence-electron chi connectivity index (χ4n) is 5.64. The molecule has 2 bridgehead atoms. The van der Waals surface area contributed by atoms with Crippen LogP contribution in [0, 0.1) is 11.8 Å². The average Bonchev–Trinajstić information content (AvgIpc) is 3.43. The van der Waals surface area contributed by atoms with E-state index in [1.807, 2.05) is 15.9 Å². The molecule has 142 valence electrons. The van der Waals surface area contributed by atoms with E-state index in [0.717, 1.165) is 52.1 Å². The van der Waals surface area contributed by atoms with Crippen molar-refractivity contribution in [1.82, 2.24) is 14.7 Å².